The van der Waals surface area contributed by atoms with Crippen molar-refractivity contribution >= 4 is 11.3 Å². The van der Waals surface area contributed by atoms with E-state index in [2.05, 4.69) is 13.2 Å². The van der Waals surface area contributed by atoms with E-state index in [0.717, 1.165) is 16.7 Å². The lowest BCUT2D eigenvalue weighted by molar-refractivity contribution is -0.384. The van der Waals surface area contributed by atoms with E-state index < -0.39 is 0 Å². The molecule has 0 unspecified atom stereocenters. The van der Waals surface area contributed by atoms with Crippen LogP contribution in [0.4, 0.5) is 5.69 Å². The van der Waals surface area contributed by atoms with Gasteiger partial charge in [-0.15, -0.1) is 0 Å². The third kappa shape index (κ3) is 8.32. The van der Waals surface area contributed by atoms with Gasteiger partial charge in [0.05, 0.1) is 10.5 Å². The Morgan fingerprint density at radius 3 is 1.93 bits per heavy atom. The minimum atomic E-state index is -0.364. The second kappa shape index (κ2) is 16.5. The van der Waals surface area contributed by atoms with Crippen LogP contribution in [0, 0.1) is 10.1 Å². The fourth-order valence-corrected chi connectivity index (χ4v) is 2.13. The maximum Gasteiger partial charge on any atom is 0.277 e. The van der Waals surface area contributed by atoms with Gasteiger partial charge in [0.1, 0.15) is 0 Å². The van der Waals surface area contributed by atoms with Gasteiger partial charge < -0.3 is 0 Å². The molecule has 2 rings (SSSR count). The van der Waals surface area contributed by atoms with Crippen LogP contribution in [0.15, 0.2) is 79.9 Å². The van der Waals surface area contributed by atoms with E-state index in [4.69, 9.17) is 0 Å². The van der Waals surface area contributed by atoms with Gasteiger partial charge in [0, 0.05) is 6.07 Å². The molecular formula is C24H33NO2. The predicted molar refractivity (Wildman–Crippen MR) is 121 cm³/mol. The zero-order valence-corrected chi connectivity index (χ0v) is 17.5. The smallest absolute Gasteiger partial charge is 0.258 e. The van der Waals surface area contributed by atoms with Crippen molar-refractivity contribution in [2.24, 2.45) is 0 Å². The summed E-state index contributed by atoms with van der Waals surface area (Å²) < 4.78 is 0. The highest BCUT2D eigenvalue weighted by molar-refractivity contribution is 5.82. The Kier molecular flexibility index (Phi) is 16.1. The van der Waals surface area contributed by atoms with Gasteiger partial charge in [-0.25, -0.2) is 0 Å². The lowest BCUT2D eigenvalue weighted by Gasteiger charge is -2.07. The Hall–Kier alpha value is -2.94. The molecule has 0 heterocycles. The van der Waals surface area contributed by atoms with Gasteiger partial charge in [0.15, 0.2) is 0 Å². The molecule has 0 radical (unpaired) electrons. The Morgan fingerprint density at radius 2 is 1.48 bits per heavy atom. The van der Waals surface area contributed by atoms with Crippen LogP contribution in [-0.4, -0.2) is 4.92 Å². The molecule has 3 nitrogen and oxygen atoms in total. The molecule has 0 aliphatic heterocycles. The molecule has 146 valence electrons. The first-order chi connectivity index (χ1) is 13.2. The lowest BCUT2D eigenvalue weighted by Crippen LogP contribution is -1.93. The van der Waals surface area contributed by atoms with Gasteiger partial charge in [-0.3, -0.25) is 10.1 Å². The molecule has 0 aliphatic carbocycles. The Bertz CT molecular complexity index is 716. The van der Waals surface area contributed by atoms with Crippen LogP contribution in [0.1, 0.15) is 47.1 Å². The molecule has 0 bridgehead atoms. The Morgan fingerprint density at radius 1 is 0.926 bits per heavy atom. The van der Waals surface area contributed by atoms with E-state index >= 15 is 0 Å². The molecular weight excluding hydrogens is 334 g/mol. The van der Waals surface area contributed by atoms with E-state index in [1.165, 1.54) is 6.07 Å². The largest absolute Gasteiger partial charge is 0.277 e. The molecule has 3 heteroatoms. The van der Waals surface area contributed by atoms with Crippen molar-refractivity contribution in [3.63, 3.8) is 0 Å². The van der Waals surface area contributed by atoms with Gasteiger partial charge in [-0.2, -0.15) is 0 Å². The maximum atomic E-state index is 11.2. The SMILES string of the molecule is C=C/C=C(\C=C)c1ccc([N+](=O)[O-])c(-c2ccccc2)c1.CC.CC.CC. The minimum Gasteiger partial charge on any atom is -0.258 e. The average molecular weight is 368 g/mol. The summed E-state index contributed by atoms with van der Waals surface area (Å²) >= 11 is 0. The minimum absolute atomic E-state index is 0.0898. The summed E-state index contributed by atoms with van der Waals surface area (Å²) in [5, 5.41) is 11.2. The molecule has 0 aliphatic rings. The summed E-state index contributed by atoms with van der Waals surface area (Å²) in [4.78, 5) is 10.9. The number of nitro groups is 1. The summed E-state index contributed by atoms with van der Waals surface area (Å²) in [6.45, 7) is 19.4. The molecule has 2 aromatic rings. The van der Waals surface area contributed by atoms with Crippen molar-refractivity contribution in [1.82, 2.24) is 0 Å². The van der Waals surface area contributed by atoms with Crippen LogP contribution in [0.2, 0.25) is 0 Å². The number of rotatable bonds is 5. The van der Waals surface area contributed by atoms with Crippen molar-refractivity contribution in [3.8, 4) is 11.1 Å². The number of benzene rings is 2. The summed E-state index contributed by atoms with van der Waals surface area (Å²) in [6, 6.07) is 14.4. The van der Waals surface area contributed by atoms with Crippen molar-refractivity contribution in [3.05, 3.63) is 95.6 Å². The third-order valence-corrected chi connectivity index (χ3v) is 3.13. The Balaban J connectivity index is 0. The highest BCUT2D eigenvalue weighted by atomic mass is 16.6. The second-order valence-electron chi connectivity index (χ2n) is 4.42. The highest BCUT2D eigenvalue weighted by Gasteiger charge is 2.16. The van der Waals surface area contributed by atoms with Gasteiger partial charge in [-0.05, 0) is 28.8 Å². The Labute approximate surface area is 164 Å². The molecule has 2 aromatic carbocycles. The van der Waals surface area contributed by atoms with Gasteiger partial charge in [-0.1, -0.05) is 103 Å². The van der Waals surface area contributed by atoms with Crippen LogP contribution in [0.5, 0.6) is 0 Å². The highest BCUT2D eigenvalue weighted by Crippen LogP contribution is 2.32. The zero-order chi connectivity index (χ0) is 21.2. The molecule has 0 fully saturated rings. The maximum absolute atomic E-state index is 11.2. The monoisotopic (exact) mass is 367 g/mol. The van der Waals surface area contributed by atoms with E-state index in [9.17, 15) is 10.1 Å². The molecule has 0 aromatic heterocycles. The number of hydrogen-bond acceptors (Lipinski definition) is 2. The number of nitrogens with zero attached hydrogens (tertiary/aromatic N) is 1. The van der Waals surface area contributed by atoms with Crippen LogP contribution < -0.4 is 0 Å². The molecule has 27 heavy (non-hydrogen) atoms. The van der Waals surface area contributed by atoms with Gasteiger partial charge in [0.2, 0.25) is 0 Å². The van der Waals surface area contributed by atoms with E-state index in [-0.39, 0.29) is 10.6 Å². The van der Waals surface area contributed by atoms with Crippen LogP contribution in [-0.2, 0) is 0 Å². The fraction of sp³-hybridized carbons (Fsp3) is 0.250. The summed E-state index contributed by atoms with van der Waals surface area (Å²) in [5.41, 5.74) is 3.24. The normalized spacial score (nSPS) is 9.19. The molecule has 0 saturated carbocycles. The lowest BCUT2D eigenvalue weighted by atomic mass is 9.97. The summed E-state index contributed by atoms with van der Waals surface area (Å²) in [7, 11) is 0. The van der Waals surface area contributed by atoms with Crippen LogP contribution in [0.3, 0.4) is 0 Å². The molecule has 0 spiro atoms. The molecule has 0 saturated heterocycles. The molecule has 0 N–H and O–H groups in total. The average Bonchev–Trinajstić information content (AvgIpc) is 2.76. The first-order valence-electron chi connectivity index (χ1n) is 9.46. The summed E-state index contributed by atoms with van der Waals surface area (Å²) in [5.74, 6) is 0. The molecule has 0 amide bonds. The van der Waals surface area contributed by atoms with E-state index in [1.807, 2.05) is 84.0 Å². The molecule has 0 atom stereocenters. The van der Waals surface area contributed by atoms with Gasteiger partial charge in [0.25, 0.3) is 5.69 Å². The summed E-state index contributed by atoms with van der Waals surface area (Å²) in [6.07, 6.45) is 5.20. The predicted octanol–water partition coefficient (Wildman–Crippen LogP) is 8.10. The first-order valence-corrected chi connectivity index (χ1v) is 9.46. The second-order valence-corrected chi connectivity index (χ2v) is 4.42. The number of hydrogen-bond donors (Lipinski definition) is 0. The van der Waals surface area contributed by atoms with Crippen LogP contribution in [0.25, 0.3) is 16.7 Å². The third-order valence-electron chi connectivity index (χ3n) is 3.13. The standard InChI is InChI=1S/C18H15NO2.3C2H6/c1-3-8-14(4-2)16-11-12-18(19(20)21)17(13-16)15-9-6-5-7-10-15;3*1-2/h3-13H,1-2H2;3*1-2H3/b14-8+;;;. The van der Waals surface area contributed by atoms with E-state index in [0.29, 0.717) is 5.56 Å². The quantitative estimate of drug-likeness (QED) is 0.304. The van der Waals surface area contributed by atoms with Crippen molar-refractivity contribution in [2.45, 2.75) is 41.5 Å². The number of allylic oxidation sites excluding steroid dienone is 4. The topological polar surface area (TPSA) is 43.1 Å². The fourth-order valence-electron chi connectivity index (χ4n) is 2.13. The number of nitro benzene ring substituents is 1. The van der Waals surface area contributed by atoms with E-state index in [1.54, 1.807) is 18.2 Å². The van der Waals surface area contributed by atoms with Crippen LogP contribution >= 0.6 is 0 Å². The zero-order valence-electron chi connectivity index (χ0n) is 17.5. The van der Waals surface area contributed by atoms with Crippen molar-refractivity contribution in [1.29, 1.82) is 0 Å². The van der Waals surface area contributed by atoms with Gasteiger partial charge >= 0.3 is 0 Å². The van der Waals surface area contributed by atoms with Crippen molar-refractivity contribution < 1.29 is 4.92 Å². The van der Waals surface area contributed by atoms with Crippen molar-refractivity contribution in [2.75, 3.05) is 0 Å². The first kappa shape index (κ1) is 26.3.